The molecule has 2 rings (SSSR count). The van der Waals surface area contributed by atoms with Gasteiger partial charge < -0.3 is 11.1 Å². The molecule has 1 heterocycles. The molecule has 0 aliphatic carbocycles. The van der Waals surface area contributed by atoms with Crippen molar-refractivity contribution in [2.75, 3.05) is 5.32 Å². The molecule has 3 N–H and O–H groups in total. The predicted molar refractivity (Wildman–Crippen MR) is 80.9 cm³/mol. The molecule has 0 aliphatic heterocycles. The van der Waals surface area contributed by atoms with Gasteiger partial charge in [-0.2, -0.15) is 0 Å². The first-order chi connectivity index (χ1) is 9.41. The largest absolute Gasteiger partial charge is 0.326 e. The molecule has 106 valence electrons. The van der Waals surface area contributed by atoms with Crippen molar-refractivity contribution < 1.29 is 4.79 Å². The highest BCUT2D eigenvalue weighted by molar-refractivity contribution is 7.08. The van der Waals surface area contributed by atoms with Crippen molar-refractivity contribution in [2.24, 2.45) is 5.73 Å². The molecule has 20 heavy (non-hydrogen) atoms. The SMILES string of the molecule is CC(C)(C)c1nnsc1C(=O)Nc1cccc(CN)c1. The maximum atomic E-state index is 12.3. The van der Waals surface area contributed by atoms with Crippen molar-refractivity contribution in [3.05, 3.63) is 40.4 Å². The number of benzene rings is 1. The standard InChI is InChI=1S/C14H18N4OS/c1-14(2,3)12-11(20-18-17-12)13(19)16-10-6-4-5-9(7-10)8-15/h4-7H,8,15H2,1-3H3,(H,16,19). The second kappa shape index (κ2) is 5.68. The van der Waals surface area contributed by atoms with Gasteiger partial charge in [-0.15, -0.1) is 5.10 Å². The number of nitrogens with zero attached hydrogens (tertiary/aromatic N) is 2. The summed E-state index contributed by atoms with van der Waals surface area (Å²) in [5, 5.41) is 6.94. The average Bonchev–Trinajstić information content (AvgIpc) is 2.88. The molecule has 0 aliphatic rings. The zero-order valence-electron chi connectivity index (χ0n) is 11.8. The van der Waals surface area contributed by atoms with Crippen LogP contribution in [0.2, 0.25) is 0 Å². The first kappa shape index (κ1) is 14.6. The molecule has 0 radical (unpaired) electrons. The zero-order valence-corrected chi connectivity index (χ0v) is 12.6. The number of amides is 1. The van der Waals surface area contributed by atoms with Crippen LogP contribution in [0.15, 0.2) is 24.3 Å². The Kier molecular flexibility index (Phi) is 4.15. The van der Waals surface area contributed by atoms with Gasteiger partial charge in [-0.05, 0) is 29.2 Å². The van der Waals surface area contributed by atoms with Crippen LogP contribution in [0, 0.1) is 0 Å². The third-order valence-electron chi connectivity index (χ3n) is 2.83. The van der Waals surface area contributed by atoms with E-state index in [1.807, 2.05) is 45.0 Å². The van der Waals surface area contributed by atoms with E-state index in [9.17, 15) is 4.79 Å². The van der Waals surface area contributed by atoms with Gasteiger partial charge >= 0.3 is 0 Å². The lowest BCUT2D eigenvalue weighted by Crippen LogP contribution is -2.20. The van der Waals surface area contributed by atoms with Crippen LogP contribution in [0.3, 0.4) is 0 Å². The number of anilines is 1. The number of aromatic nitrogens is 2. The molecule has 0 unspecified atom stereocenters. The van der Waals surface area contributed by atoms with Crippen LogP contribution in [0.5, 0.6) is 0 Å². The molecule has 0 atom stereocenters. The summed E-state index contributed by atoms with van der Waals surface area (Å²) in [6.45, 7) is 6.47. The fourth-order valence-corrected chi connectivity index (χ4v) is 2.57. The Labute approximate surface area is 122 Å². The number of rotatable bonds is 3. The van der Waals surface area contributed by atoms with Crippen LogP contribution in [0.1, 0.15) is 41.7 Å². The number of nitrogens with one attached hydrogen (secondary N) is 1. The molecule has 0 bridgehead atoms. The smallest absolute Gasteiger partial charge is 0.269 e. The molecule has 1 amide bonds. The van der Waals surface area contributed by atoms with Crippen LogP contribution in [0.25, 0.3) is 0 Å². The van der Waals surface area contributed by atoms with Gasteiger partial charge in [0.2, 0.25) is 0 Å². The van der Waals surface area contributed by atoms with Crippen molar-refractivity contribution in [1.82, 2.24) is 9.59 Å². The van der Waals surface area contributed by atoms with Crippen LogP contribution in [-0.2, 0) is 12.0 Å². The summed E-state index contributed by atoms with van der Waals surface area (Å²) in [7, 11) is 0. The monoisotopic (exact) mass is 290 g/mol. The molecule has 2 aromatic rings. The van der Waals surface area contributed by atoms with Gasteiger partial charge in [0.25, 0.3) is 5.91 Å². The summed E-state index contributed by atoms with van der Waals surface area (Å²) < 4.78 is 3.90. The van der Waals surface area contributed by atoms with Gasteiger partial charge in [0.15, 0.2) is 0 Å². The summed E-state index contributed by atoms with van der Waals surface area (Å²) in [6, 6.07) is 7.49. The van der Waals surface area contributed by atoms with Gasteiger partial charge in [0.1, 0.15) is 4.88 Å². The summed E-state index contributed by atoms with van der Waals surface area (Å²) in [6.07, 6.45) is 0. The third-order valence-corrected chi connectivity index (χ3v) is 3.55. The van der Waals surface area contributed by atoms with Gasteiger partial charge in [-0.1, -0.05) is 37.4 Å². The quantitative estimate of drug-likeness (QED) is 0.910. The highest BCUT2D eigenvalue weighted by atomic mass is 32.1. The molecule has 1 aromatic heterocycles. The lowest BCUT2D eigenvalue weighted by Gasteiger charge is -2.16. The fraction of sp³-hybridized carbons (Fsp3) is 0.357. The minimum Gasteiger partial charge on any atom is -0.326 e. The number of carbonyl (C=O) groups is 1. The third kappa shape index (κ3) is 3.20. The summed E-state index contributed by atoms with van der Waals surface area (Å²) >= 11 is 1.12. The molecule has 0 saturated heterocycles. The summed E-state index contributed by atoms with van der Waals surface area (Å²) in [5.41, 5.74) is 7.80. The van der Waals surface area contributed by atoms with E-state index in [4.69, 9.17) is 5.73 Å². The average molecular weight is 290 g/mol. The molecule has 0 spiro atoms. The number of carbonyl (C=O) groups excluding carboxylic acids is 1. The van der Waals surface area contributed by atoms with Gasteiger partial charge in [0, 0.05) is 17.6 Å². The Morgan fingerprint density at radius 3 is 2.80 bits per heavy atom. The maximum absolute atomic E-state index is 12.3. The maximum Gasteiger partial charge on any atom is 0.269 e. The zero-order chi connectivity index (χ0) is 14.8. The van der Waals surface area contributed by atoms with Crippen LogP contribution >= 0.6 is 11.5 Å². The van der Waals surface area contributed by atoms with Crippen molar-refractivity contribution in [1.29, 1.82) is 0 Å². The van der Waals surface area contributed by atoms with Crippen molar-refractivity contribution in [3.63, 3.8) is 0 Å². The van der Waals surface area contributed by atoms with Crippen molar-refractivity contribution in [2.45, 2.75) is 32.7 Å². The topological polar surface area (TPSA) is 80.9 Å². The van der Waals surface area contributed by atoms with Crippen molar-refractivity contribution in [3.8, 4) is 0 Å². The van der Waals surface area contributed by atoms with Gasteiger partial charge in [-0.3, -0.25) is 4.79 Å². The Morgan fingerprint density at radius 2 is 2.15 bits per heavy atom. The van der Waals surface area contributed by atoms with E-state index >= 15 is 0 Å². The summed E-state index contributed by atoms with van der Waals surface area (Å²) in [4.78, 5) is 12.9. The van der Waals surface area contributed by atoms with E-state index in [2.05, 4.69) is 14.9 Å². The number of nitrogens with two attached hydrogens (primary N) is 1. The fourth-order valence-electron chi connectivity index (χ4n) is 1.79. The lowest BCUT2D eigenvalue weighted by molar-refractivity contribution is 0.102. The normalized spacial score (nSPS) is 11.4. The first-order valence-corrected chi connectivity index (χ1v) is 7.12. The Morgan fingerprint density at radius 1 is 1.40 bits per heavy atom. The Hall–Kier alpha value is -1.79. The van der Waals surface area contributed by atoms with E-state index in [0.29, 0.717) is 11.4 Å². The minimum atomic E-state index is -0.210. The number of hydrogen-bond donors (Lipinski definition) is 2. The second-order valence-corrected chi connectivity index (χ2v) is 6.31. The van der Waals surface area contributed by atoms with Crippen LogP contribution < -0.4 is 11.1 Å². The number of hydrogen-bond acceptors (Lipinski definition) is 5. The highest BCUT2D eigenvalue weighted by Crippen LogP contribution is 2.26. The van der Waals surface area contributed by atoms with E-state index in [-0.39, 0.29) is 11.3 Å². The molecular weight excluding hydrogens is 272 g/mol. The molecule has 0 fully saturated rings. The molecule has 5 nitrogen and oxygen atoms in total. The molecule has 1 aromatic carbocycles. The van der Waals surface area contributed by atoms with Crippen molar-refractivity contribution >= 4 is 23.1 Å². The van der Waals surface area contributed by atoms with E-state index < -0.39 is 0 Å². The van der Waals surface area contributed by atoms with E-state index in [1.54, 1.807) is 0 Å². The Balaban J connectivity index is 2.22. The molecular formula is C14H18N4OS. The van der Waals surface area contributed by atoms with Gasteiger partial charge in [-0.25, -0.2) is 0 Å². The predicted octanol–water partition coefficient (Wildman–Crippen LogP) is 2.55. The molecule has 0 saturated carbocycles. The lowest BCUT2D eigenvalue weighted by atomic mass is 9.91. The van der Waals surface area contributed by atoms with Gasteiger partial charge in [0.05, 0.1) is 5.69 Å². The first-order valence-electron chi connectivity index (χ1n) is 6.35. The van der Waals surface area contributed by atoms with Crippen LogP contribution in [-0.4, -0.2) is 15.5 Å². The van der Waals surface area contributed by atoms with E-state index in [1.165, 1.54) is 0 Å². The molecule has 6 heteroatoms. The Bertz CT molecular complexity index is 616. The highest BCUT2D eigenvalue weighted by Gasteiger charge is 2.26. The second-order valence-electron chi connectivity index (χ2n) is 5.56. The minimum absolute atomic E-state index is 0.181. The van der Waals surface area contributed by atoms with Crippen LogP contribution in [0.4, 0.5) is 5.69 Å². The van der Waals surface area contributed by atoms with E-state index in [0.717, 1.165) is 28.5 Å². The summed E-state index contributed by atoms with van der Waals surface area (Å²) in [5.74, 6) is -0.181.